The lowest BCUT2D eigenvalue weighted by atomic mass is 10.1. The van der Waals surface area contributed by atoms with E-state index in [1.165, 1.54) is 0 Å². The first-order valence-corrected chi connectivity index (χ1v) is 10.5. The Morgan fingerprint density at radius 1 is 1.00 bits per heavy atom. The Balaban J connectivity index is 1.60. The minimum Gasteiger partial charge on any atom is -0.256 e. The molecule has 0 spiro atoms. The maximum atomic E-state index is 12.8. The van der Waals surface area contributed by atoms with Crippen molar-refractivity contribution in [2.45, 2.75) is 11.4 Å². The molecule has 0 bridgehead atoms. The Morgan fingerprint density at radius 2 is 1.85 bits per heavy atom. The van der Waals surface area contributed by atoms with Crippen LogP contribution < -0.4 is 4.72 Å². The number of nitrogens with zero attached hydrogens (tertiary/aromatic N) is 1. The zero-order valence-electron chi connectivity index (χ0n) is 13.8. The molecule has 0 aliphatic carbocycles. The van der Waals surface area contributed by atoms with Crippen LogP contribution >= 0.6 is 11.3 Å². The van der Waals surface area contributed by atoms with E-state index in [1.807, 2.05) is 59.3 Å². The van der Waals surface area contributed by atoms with E-state index < -0.39 is 10.0 Å². The van der Waals surface area contributed by atoms with Crippen LogP contribution in [0.4, 0.5) is 0 Å². The number of benzene rings is 2. The van der Waals surface area contributed by atoms with E-state index in [0.717, 1.165) is 27.6 Å². The second kappa shape index (κ2) is 6.99. The molecule has 2 aromatic carbocycles. The second-order valence-corrected chi connectivity index (χ2v) is 8.38. The maximum absolute atomic E-state index is 12.8. The van der Waals surface area contributed by atoms with Crippen molar-refractivity contribution in [2.75, 3.05) is 0 Å². The molecule has 2 heterocycles. The summed E-state index contributed by atoms with van der Waals surface area (Å²) in [7, 11) is -3.62. The summed E-state index contributed by atoms with van der Waals surface area (Å²) in [6.45, 7) is 0.214. The SMILES string of the molecule is O=S(=O)(NCc1ccnc(-c2ccsc2)c1)c1cccc2ccccc12. The van der Waals surface area contributed by atoms with E-state index in [-0.39, 0.29) is 6.54 Å². The second-order valence-electron chi connectivity index (χ2n) is 5.86. The molecule has 0 radical (unpaired) electrons. The van der Waals surface area contributed by atoms with Crippen LogP contribution in [-0.2, 0) is 16.6 Å². The average Bonchev–Trinajstić information content (AvgIpc) is 3.21. The molecule has 0 aliphatic heterocycles. The highest BCUT2D eigenvalue weighted by Gasteiger charge is 2.16. The summed E-state index contributed by atoms with van der Waals surface area (Å²) in [5.74, 6) is 0. The van der Waals surface area contributed by atoms with Gasteiger partial charge < -0.3 is 0 Å². The summed E-state index contributed by atoms with van der Waals surface area (Å²) in [6, 6.07) is 18.5. The number of sulfonamides is 1. The van der Waals surface area contributed by atoms with Gasteiger partial charge in [-0.15, -0.1) is 0 Å². The molecule has 4 nitrogen and oxygen atoms in total. The van der Waals surface area contributed by atoms with Crippen LogP contribution in [0.5, 0.6) is 0 Å². The van der Waals surface area contributed by atoms with Crippen LogP contribution in [0.15, 0.2) is 82.5 Å². The van der Waals surface area contributed by atoms with Crippen LogP contribution in [0, 0.1) is 0 Å². The van der Waals surface area contributed by atoms with Crippen LogP contribution in [0.3, 0.4) is 0 Å². The van der Waals surface area contributed by atoms with E-state index in [4.69, 9.17) is 0 Å². The Morgan fingerprint density at radius 3 is 2.69 bits per heavy atom. The zero-order valence-corrected chi connectivity index (χ0v) is 15.4. The van der Waals surface area contributed by atoms with Gasteiger partial charge in [0, 0.05) is 29.1 Å². The molecule has 26 heavy (non-hydrogen) atoms. The van der Waals surface area contributed by atoms with Gasteiger partial charge in [-0.3, -0.25) is 4.98 Å². The smallest absolute Gasteiger partial charge is 0.241 e. The topological polar surface area (TPSA) is 59.1 Å². The number of fused-ring (bicyclic) bond motifs is 1. The highest BCUT2D eigenvalue weighted by atomic mass is 32.2. The molecular formula is C20H16N2O2S2. The molecule has 2 aromatic heterocycles. The quantitative estimate of drug-likeness (QED) is 0.557. The number of hydrogen-bond donors (Lipinski definition) is 1. The van der Waals surface area contributed by atoms with E-state index >= 15 is 0 Å². The van der Waals surface area contributed by atoms with Crippen LogP contribution in [-0.4, -0.2) is 13.4 Å². The van der Waals surface area contributed by atoms with Crippen molar-refractivity contribution in [3.05, 3.63) is 83.2 Å². The van der Waals surface area contributed by atoms with Gasteiger partial charge in [0.25, 0.3) is 0 Å². The van der Waals surface area contributed by atoms with Gasteiger partial charge in [0.2, 0.25) is 10.0 Å². The number of pyridine rings is 1. The van der Waals surface area contributed by atoms with Crippen molar-refractivity contribution in [3.8, 4) is 11.3 Å². The molecule has 0 unspecified atom stereocenters. The van der Waals surface area contributed by atoms with Gasteiger partial charge in [-0.1, -0.05) is 36.4 Å². The van der Waals surface area contributed by atoms with Crippen molar-refractivity contribution < 1.29 is 8.42 Å². The lowest BCUT2D eigenvalue weighted by molar-refractivity contribution is 0.582. The molecule has 0 fully saturated rings. The zero-order chi connectivity index (χ0) is 18.0. The van der Waals surface area contributed by atoms with Gasteiger partial charge in [-0.05, 0) is 40.6 Å². The number of rotatable bonds is 5. The molecule has 130 valence electrons. The van der Waals surface area contributed by atoms with Gasteiger partial charge in [0.15, 0.2) is 0 Å². The number of nitrogens with one attached hydrogen (secondary N) is 1. The van der Waals surface area contributed by atoms with Crippen molar-refractivity contribution >= 4 is 32.1 Å². The van der Waals surface area contributed by atoms with E-state index in [2.05, 4.69) is 9.71 Å². The Hall–Kier alpha value is -2.54. The first kappa shape index (κ1) is 16.9. The molecule has 0 amide bonds. The predicted octanol–water partition coefficient (Wildman–Crippen LogP) is 4.44. The summed E-state index contributed by atoms with van der Waals surface area (Å²) < 4.78 is 28.3. The highest BCUT2D eigenvalue weighted by molar-refractivity contribution is 7.89. The first-order valence-electron chi connectivity index (χ1n) is 8.08. The molecule has 0 saturated heterocycles. The van der Waals surface area contributed by atoms with E-state index in [0.29, 0.717) is 4.90 Å². The van der Waals surface area contributed by atoms with Crippen LogP contribution in [0.25, 0.3) is 22.0 Å². The molecule has 0 saturated carbocycles. The Labute approximate surface area is 156 Å². The monoisotopic (exact) mass is 380 g/mol. The lowest BCUT2D eigenvalue weighted by Gasteiger charge is -2.10. The fourth-order valence-corrected chi connectivity index (χ4v) is 4.73. The molecule has 4 rings (SSSR count). The number of thiophene rings is 1. The third-order valence-corrected chi connectivity index (χ3v) is 6.29. The van der Waals surface area contributed by atoms with E-state index in [9.17, 15) is 8.42 Å². The summed E-state index contributed by atoms with van der Waals surface area (Å²) in [6.07, 6.45) is 1.70. The number of hydrogen-bond acceptors (Lipinski definition) is 4. The summed E-state index contributed by atoms with van der Waals surface area (Å²) in [5, 5.41) is 5.63. The molecule has 0 atom stereocenters. The fourth-order valence-electron chi connectivity index (χ4n) is 2.84. The normalized spacial score (nSPS) is 11.7. The number of aromatic nitrogens is 1. The molecular weight excluding hydrogens is 364 g/mol. The Bertz CT molecular complexity index is 1150. The van der Waals surface area contributed by atoms with Gasteiger partial charge in [-0.2, -0.15) is 11.3 Å². The van der Waals surface area contributed by atoms with Crippen LogP contribution in [0.1, 0.15) is 5.56 Å². The van der Waals surface area contributed by atoms with Gasteiger partial charge >= 0.3 is 0 Å². The third kappa shape index (κ3) is 3.39. The average molecular weight is 380 g/mol. The van der Waals surface area contributed by atoms with Crippen molar-refractivity contribution in [2.24, 2.45) is 0 Å². The van der Waals surface area contributed by atoms with Gasteiger partial charge in [0.05, 0.1) is 10.6 Å². The third-order valence-electron chi connectivity index (χ3n) is 4.15. The summed E-state index contributed by atoms with van der Waals surface area (Å²) >= 11 is 1.60. The molecule has 6 heteroatoms. The Kier molecular flexibility index (Phi) is 4.55. The fraction of sp³-hybridized carbons (Fsp3) is 0.0500. The lowest BCUT2D eigenvalue weighted by Crippen LogP contribution is -2.23. The predicted molar refractivity (Wildman–Crippen MR) is 106 cm³/mol. The van der Waals surface area contributed by atoms with Crippen molar-refractivity contribution in [1.82, 2.24) is 9.71 Å². The standard InChI is InChI=1S/C20H16N2O2S2/c23-26(24,20-7-3-5-16-4-1-2-6-18(16)20)22-13-15-8-10-21-19(12-15)17-9-11-25-14-17/h1-12,14,22H,13H2. The van der Waals surface area contributed by atoms with Crippen LogP contribution in [0.2, 0.25) is 0 Å². The summed E-state index contributed by atoms with van der Waals surface area (Å²) in [4.78, 5) is 4.65. The molecule has 4 aromatic rings. The largest absolute Gasteiger partial charge is 0.256 e. The molecule has 1 N–H and O–H groups in total. The van der Waals surface area contributed by atoms with Gasteiger partial charge in [-0.25, -0.2) is 13.1 Å². The summed E-state index contributed by atoms with van der Waals surface area (Å²) in [5.41, 5.74) is 2.74. The minimum atomic E-state index is -3.62. The van der Waals surface area contributed by atoms with E-state index in [1.54, 1.807) is 29.7 Å². The van der Waals surface area contributed by atoms with Crippen molar-refractivity contribution in [1.29, 1.82) is 0 Å². The highest BCUT2D eigenvalue weighted by Crippen LogP contribution is 2.23. The maximum Gasteiger partial charge on any atom is 0.241 e. The minimum absolute atomic E-state index is 0.214. The van der Waals surface area contributed by atoms with Crippen molar-refractivity contribution in [3.63, 3.8) is 0 Å². The molecule has 0 aliphatic rings. The first-order chi connectivity index (χ1) is 12.6. The van der Waals surface area contributed by atoms with Gasteiger partial charge in [0.1, 0.15) is 0 Å².